The number of aromatic nitrogens is 2. The highest BCUT2D eigenvalue weighted by molar-refractivity contribution is 5.92. The Morgan fingerprint density at radius 2 is 2.32 bits per heavy atom. The Hall–Kier alpha value is -2.59. The highest BCUT2D eigenvalue weighted by Crippen LogP contribution is 2.25. The maximum atomic E-state index is 12.2. The lowest BCUT2D eigenvalue weighted by atomic mass is 10.2. The Labute approximate surface area is 128 Å². The number of anilines is 1. The predicted molar refractivity (Wildman–Crippen MR) is 79.0 cm³/mol. The van der Waals surface area contributed by atoms with Crippen molar-refractivity contribution in [3.63, 3.8) is 0 Å². The van der Waals surface area contributed by atoms with Crippen LogP contribution in [0.25, 0.3) is 0 Å². The van der Waals surface area contributed by atoms with Crippen molar-refractivity contribution in [1.29, 1.82) is 5.26 Å². The van der Waals surface area contributed by atoms with Gasteiger partial charge in [0.1, 0.15) is 23.2 Å². The number of rotatable bonds is 3. The third-order valence-corrected chi connectivity index (χ3v) is 3.94. The number of carbonyl (C=O) groups excluding carboxylic acids is 1. The predicted octanol–water partition coefficient (Wildman–Crippen LogP) is 1.42. The summed E-state index contributed by atoms with van der Waals surface area (Å²) in [6.45, 7) is 6.08. The van der Waals surface area contributed by atoms with E-state index in [9.17, 15) is 4.79 Å². The van der Waals surface area contributed by atoms with Crippen molar-refractivity contribution in [2.24, 2.45) is 0 Å². The van der Waals surface area contributed by atoms with E-state index >= 15 is 0 Å². The van der Waals surface area contributed by atoms with Crippen LogP contribution in [0.4, 0.5) is 5.88 Å². The van der Waals surface area contributed by atoms with E-state index in [4.69, 9.17) is 9.68 Å². The summed E-state index contributed by atoms with van der Waals surface area (Å²) in [6.07, 6.45) is 3.72. The minimum atomic E-state index is -0.190. The van der Waals surface area contributed by atoms with Crippen LogP contribution in [0.2, 0.25) is 0 Å². The Morgan fingerprint density at radius 3 is 3.09 bits per heavy atom. The molecule has 1 N–H and O–H groups in total. The van der Waals surface area contributed by atoms with E-state index in [1.807, 2.05) is 11.1 Å². The standard InChI is InChI=1S/C15H17N5O2/c1-10-11(2)22-15(12(10)7-16)18-14(21)9-19-5-6-20-4-3-17-13(20)8-19/h3-4H,5-6,8-9H2,1-2H3,(H,18,21). The zero-order chi connectivity index (χ0) is 15.7. The maximum absolute atomic E-state index is 12.2. The van der Waals surface area contributed by atoms with Crippen molar-refractivity contribution in [2.75, 3.05) is 18.4 Å². The van der Waals surface area contributed by atoms with Crippen molar-refractivity contribution in [2.45, 2.75) is 26.9 Å². The molecule has 0 aliphatic carbocycles. The summed E-state index contributed by atoms with van der Waals surface area (Å²) in [4.78, 5) is 18.5. The number of fused-ring (bicyclic) bond motifs is 1. The van der Waals surface area contributed by atoms with Crippen molar-refractivity contribution in [3.05, 3.63) is 35.1 Å². The second-order valence-corrected chi connectivity index (χ2v) is 5.39. The molecule has 0 aromatic carbocycles. The number of aryl methyl sites for hydroxylation is 1. The molecule has 1 aliphatic heterocycles. The van der Waals surface area contributed by atoms with Crippen LogP contribution in [0.3, 0.4) is 0 Å². The number of nitrogens with one attached hydrogen (secondary N) is 1. The molecule has 3 heterocycles. The van der Waals surface area contributed by atoms with Gasteiger partial charge >= 0.3 is 0 Å². The monoisotopic (exact) mass is 299 g/mol. The van der Waals surface area contributed by atoms with Crippen LogP contribution in [0, 0.1) is 25.2 Å². The molecule has 0 saturated heterocycles. The summed E-state index contributed by atoms with van der Waals surface area (Å²) >= 11 is 0. The van der Waals surface area contributed by atoms with Gasteiger partial charge in [0.2, 0.25) is 11.8 Å². The van der Waals surface area contributed by atoms with E-state index in [0.29, 0.717) is 17.9 Å². The smallest absolute Gasteiger partial charge is 0.240 e. The van der Waals surface area contributed by atoms with Crippen LogP contribution in [-0.4, -0.2) is 33.4 Å². The Morgan fingerprint density at radius 1 is 1.50 bits per heavy atom. The quantitative estimate of drug-likeness (QED) is 0.926. The van der Waals surface area contributed by atoms with Crippen molar-refractivity contribution < 1.29 is 9.21 Å². The van der Waals surface area contributed by atoms with Gasteiger partial charge in [0.15, 0.2) is 0 Å². The third-order valence-electron chi connectivity index (χ3n) is 3.94. The molecule has 0 saturated carbocycles. The van der Waals surface area contributed by atoms with E-state index in [1.165, 1.54) is 0 Å². The van der Waals surface area contributed by atoms with Crippen LogP contribution in [-0.2, 0) is 17.9 Å². The van der Waals surface area contributed by atoms with Gasteiger partial charge in [-0.1, -0.05) is 0 Å². The maximum Gasteiger partial charge on any atom is 0.240 e. The van der Waals surface area contributed by atoms with Gasteiger partial charge in [0.05, 0.1) is 13.1 Å². The number of hydrogen-bond acceptors (Lipinski definition) is 5. The molecule has 7 heteroatoms. The van der Waals surface area contributed by atoms with Gasteiger partial charge < -0.3 is 8.98 Å². The van der Waals surface area contributed by atoms with Gasteiger partial charge in [-0.2, -0.15) is 5.26 Å². The van der Waals surface area contributed by atoms with E-state index in [-0.39, 0.29) is 18.3 Å². The summed E-state index contributed by atoms with van der Waals surface area (Å²) in [5.74, 6) is 1.65. The first-order valence-electron chi connectivity index (χ1n) is 7.10. The topological polar surface area (TPSA) is 87.1 Å². The fourth-order valence-electron chi connectivity index (χ4n) is 2.58. The van der Waals surface area contributed by atoms with Gasteiger partial charge in [0.25, 0.3) is 0 Å². The van der Waals surface area contributed by atoms with E-state index in [2.05, 4.69) is 20.9 Å². The number of amides is 1. The lowest BCUT2D eigenvalue weighted by molar-refractivity contribution is -0.117. The molecule has 0 spiro atoms. The van der Waals surface area contributed by atoms with E-state index in [1.54, 1.807) is 20.0 Å². The minimum absolute atomic E-state index is 0.190. The second-order valence-electron chi connectivity index (χ2n) is 5.39. The zero-order valence-electron chi connectivity index (χ0n) is 12.6. The third kappa shape index (κ3) is 2.61. The van der Waals surface area contributed by atoms with Gasteiger partial charge in [0, 0.05) is 31.0 Å². The number of nitrogens with zero attached hydrogens (tertiary/aromatic N) is 4. The highest BCUT2D eigenvalue weighted by Gasteiger charge is 2.21. The van der Waals surface area contributed by atoms with Gasteiger partial charge in [-0.3, -0.25) is 15.0 Å². The number of carbonyl (C=O) groups is 1. The van der Waals surface area contributed by atoms with E-state index in [0.717, 1.165) is 24.5 Å². The molecule has 1 amide bonds. The fraction of sp³-hybridized carbons (Fsp3) is 0.400. The molecule has 114 valence electrons. The Balaban J connectivity index is 1.64. The lowest BCUT2D eigenvalue weighted by Gasteiger charge is -2.26. The summed E-state index contributed by atoms with van der Waals surface area (Å²) < 4.78 is 7.54. The van der Waals surface area contributed by atoms with Crippen LogP contribution in [0.15, 0.2) is 16.8 Å². The van der Waals surface area contributed by atoms with Crippen LogP contribution in [0.1, 0.15) is 22.7 Å². The average molecular weight is 299 g/mol. The van der Waals surface area contributed by atoms with Crippen LogP contribution >= 0.6 is 0 Å². The number of hydrogen-bond donors (Lipinski definition) is 1. The van der Waals surface area contributed by atoms with E-state index < -0.39 is 0 Å². The molecular formula is C15H17N5O2. The molecular weight excluding hydrogens is 282 g/mol. The first-order chi connectivity index (χ1) is 10.6. The molecule has 22 heavy (non-hydrogen) atoms. The number of imidazole rings is 1. The fourth-order valence-corrected chi connectivity index (χ4v) is 2.58. The van der Waals surface area contributed by atoms with Gasteiger partial charge in [-0.05, 0) is 13.8 Å². The second kappa shape index (κ2) is 5.66. The highest BCUT2D eigenvalue weighted by atomic mass is 16.4. The molecule has 0 radical (unpaired) electrons. The molecule has 0 bridgehead atoms. The van der Waals surface area contributed by atoms with Crippen molar-refractivity contribution >= 4 is 11.8 Å². The Bertz CT molecular complexity index is 753. The van der Waals surface area contributed by atoms with Crippen molar-refractivity contribution in [3.8, 4) is 6.07 Å². The first kappa shape index (κ1) is 14.4. The molecule has 7 nitrogen and oxygen atoms in total. The molecule has 2 aromatic heterocycles. The molecule has 3 rings (SSSR count). The van der Waals surface area contributed by atoms with Crippen LogP contribution < -0.4 is 5.32 Å². The minimum Gasteiger partial charge on any atom is -0.444 e. The first-order valence-corrected chi connectivity index (χ1v) is 7.10. The van der Waals surface area contributed by atoms with Crippen LogP contribution in [0.5, 0.6) is 0 Å². The number of nitriles is 1. The normalized spacial score (nSPS) is 14.4. The molecule has 0 unspecified atom stereocenters. The van der Waals surface area contributed by atoms with Gasteiger partial charge in [-0.15, -0.1) is 0 Å². The summed E-state index contributed by atoms with van der Waals surface area (Å²) in [6, 6.07) is 2.07. The molecule has 0 atom stereocenters. The average Bonchev–Trinajstić information content (AvgIpc) is 3.04. The SMILES string of the molecule is Cc1oc(NC(=O)CN2CCn3ccnc3C2)c(C#N)c1C. The number of furan rings is 1. The largest absolute Gasteiger partial charge is 0.444 e. The van der Waals surface area contributed by atoms with Crippen molar-refractivity contribution in [1.82, 2.24) is 14.5 Å². The molecule has 2 aromatic rings. The lowest BCUT2D eigenvalue weighted by Crippen LogP contribution is -2.39. The zero-order valence-corrected chi connectivity index (χ0v) is 12.6. The summed E-state index contributed by atoms with van der Waals surface area (Å²) in [7, 11) is 0. The Kier molecular flexibility index (Phi) is 3.69. The summed E-state index contributed by atoms with van der Waals surface area (Å²) in [5, 5.41) is 11.8. The summed E-state index contributed by atoms with van der Waals surface area (Å²) in [5.41, 5.74) is 1.15. The molecule has 0 fully saturated rings. The van der Waals surface area contributed by atoms with Gasteiger partial charge in [-0.25, -0.2) is 4.98 Å². The molecule has 1 aliphatic rings.